The number of nitrogens with zero attached hydrogens (tertiary/aromatic N) is 1. The van der Waals surface area contributed by atoms with Crippen molar-refractivity contribution in [1.29, 1.82) is 0 Å². The Labute approximate surface area is 201 Å². The first-order chi connectivity index (χ1) is 16.2. The molecular formula is C26H37NO7. The van der Waals surface area contributed by atoms with Crippen molar-refractivity contribution in [2.45, 2.75) is 64.8 Å². The van der Waals surface area contributed by atoms with E-state index < -0.39 is 12.1 Å². The number of carboxylic acid groups (broad SMARTS) is 1. The first-order valence-corrected chi connectivity index (χ1v) is 12.1. The highest BCUT2D eigenvalue weighted by Gasteiger charge is 2.41. The van der Waals surface area contributed by atoms with Crippen LogP contribution in [-0.4, -0.2) is 67.1 Å². The molecule has 1 atom stereocenters. The van der Waals surface area contributed by atoms with Crippen molar-refractivity contribution >= 4 is 18.0 Å². The van der Waals surface area contributed by atoms with Crippen LogP contribution < -0.4 is 0 Å². The van der Waals surface area contributed by atoms with Crippen LogP contribution in [0.2, 0.25) is 0 Å². The lowest BCUT2D eigenvalue weighted by Crippen LogP contribution is -2.43. The first kappa shape index (κ1) is 26.2. The normalized spacial score (nSPS) is 23.4. The number of imide groups is 1. The van der Waals surface area contributed by atoms with Crippen LogP contribution in [0.4, 0.5) is 4.79 Å². The minimum absolute atomic E-state index is 0.0237. The fourth-order valence-electron chi connectivity index (χ4n) is 4.70. The minimum atomic E-state index is -0.700. The van der Waals surface area contributed by atoms with E-state index in [1.54, 1.807) is 0 Å². The molecule has 188 valence electrons. The molecule has 0 radical (unpaired) electrons. The number of benzene rings is 1. The molecule has 34 heavy (non-hydrogen) atoms. The summed E-state index contributed by atoms with van der Waals surface area (Å²) >= 11 is 0. The van der Waals surface area contributed by atoms with E-state index >= 15 is 0 Å². The first-order valence-electron chi connectivity index (χ1n) is 12.1. The number of aliphatic carboxylic acids is 1. The topological polar surface area (TPSA) is 102 Å². The van der Waals surface area contributed by atoms with Gasteiger partial charge in [-0.15, -0.1) is 0 Å². The molecule has 8 nitrogen and oxygen atoms in total. The molecule has 0 bridgehead atoms. The predicted molar refractivity (Wildman–Crippen MR) is 125 cm³/mol. The van der Waals surface area contributed by atoms with Crippen LogP contribution in [0.1, 0.15) is 57.9 Å². The van der Waals surface area contributed by atoms with Crippen molar-refractivity contribution in [3.8, 4) is 0 Å². The molecule has 3 saturated heterocycles. The fraction of sp³-hybridized carbons (Fsp3) is 0.654. The number of hydrogen-bond donors (Lipinski definition) is 1. The van der Waals surface area contributed by atoms with E-state index in [0.717, 1.165) is 31.2 Å². The van der Waals surface area contributed by atoms with Crippen molar-refractivity contribution in [2.24, 2.45) is 10.8 Å². The summed E-state index contributed by atoms with van der Waals surface area (Å²) in [5.74, 6) is -0.827. The highest BCUT2D eigenvalue weighted by Crippen LogP contribution is 2.35. The van der Waals surface area contributed by atoms with Crippen LogP contribution in [0, 0.1) is 10.8 Å². The molecule has 3 fully saturated rings. The van der Waals surface area contributed by atoms with Gasteiger partial charge < -0.3 is 19.3 Å². The van der Waals surface area contributed by atoms with Crippen LogP contribution in [0.25, 0.3) is 0 Å². The van der Waals surface area contributed by atoms with Gasteiger partial charge in [-0.3, -0.25) is 9.59 Å². The Balaban J connectivity index is 0.000000248. The Hall–Kier alpha value is -2.45. The number of amides is 2. The van der Waals surface area contributed by atoms with Gasteiger partial charge in [0.05, 0.1) is 12.5 Å². The average Bonchev–Trinajstić information content (AvgIpc) is 3.15. The molecule has 1 N–H and O–H groups in total. The molecule has 3 aliphatic heterocycles. The van der Waals surface area contributed by atoms with Gasteiger partial charge in [0.2, 0.25) is 5.91 Å². The minimum Gasteiger partial charge on any atom is -0.481 e. The van der Waals surface area contributed by atoms with Crippen LogP contribution in [0.5, 0.6) is 0 Å². The van der Waals surface area contributed by atoms with Crippen LogP contribution in [-0.2, 0) is 30.2 Å². The summed E-state index contributed by atoms with van der Waals surface area (Å²) in [6, 6.07) is 9.68. The van der Waals surface area contributed by atoms with Crippen LogP contribution in [0.3, 0.4) is 0 Å². The summed E-state index contributed by atoms with van der Waals surface area (Å²) in [6.45, 7) is 7.18. The Kier molecular flexibility index (Phi) is 9.08. The van der Waals surface area contributed by atoms with Gasteiger partial charge in [-0.05, 0) is 48.5 Å². The molecule has 1 aromatic rings. The van der Waals surface area contributed by atoms with Crippen molar-refractivity contribution in [2.75, 3.05) is 33.0 Å². The second-order valence-electron chi connectivity index (χ2n) is 10.3. The van der Waals surface area contributed by atoms with Crippen molar-refractivity contribution in [3.63, 3.8) is 0 Å². The third-order valence-electron chi connectivity index (χ3n) is 7.10. The second-order valence-corrected chi connectivity index (χ2v) is 10.3. The van der Waals surface area contributed by atoms with E-state index in [1.165, 1.54) is 4.90 Å². The highest BCUT2D eigenvalue weighted by molar-refractivity contribution is 5.93. The Morgan fingerprint density at radius 3 is 2.00 bits per heavy atom. The standard InChI is InChI=1S/C18H23NO4.C8H14O3/c1-18(7-9-22-10-8-18)12-16(20)19-15(13-23-17(19)21)11-14-5-3-2-4-6-14;1-8(6-7(9)10)2-4-11-5-3-8/h2-6,15H,7-13H2,1H3;2-6H2,1H3,(H,9,10)/t15-;/m0./s1. The van der Waals surface area contributed by atoms with Gasteiger partial charge in [0.25, 0.3) is 0 Å². The summed E-state index contributed by atoms with van der Waals surface area (Å²) < 4.78 is 15.7. The van der Waals surface area contributed by atoms with E-state index in [2.05, 4.69) is 6.92 Å². The highest BCUT2D eigenvalue weighted by atomic mass is 16.6. The third kappa shape index (κ3) is 7.53. The number of hydrogen-bond acceptors (Lipinski definition) is 6. The lowest BCUT2D eigenvalue weighted by atomic mass is 9.79. The second kappa shape index (κ2) is 11.8. The molecular weight excluding hydrogens is 438 g/mol. The maximum absolute atomic E-state index is 12.7. The van der Waals surface area contributed by atoms with E-state index in [1.807, 2.05) is 37.3 Å². The van der Waals surface area contributed by atoms with Crippen LogP contribution >= 0.6 is 0 Å². The van der Waals surface area contributed by atoms with Gasteiger partial charge in [0, 0.05) is 32.8 Å². The monoisotopic (exact) mass is 475 g/mol. The molecule has 3 aliphatic rings. The van der Waals surface area contributed by atoms with Gasteiger partial charge in [-0.1, -0.05) is 44.2 Å². The summed E-state index contributed by atoms with van der Waals surface area (Å²) in [4.78, 5) is 36.5. The molecule has 0 aromatic heterocycles. The number of carbonyl (C=O) groups is 3. The zero-order valence-corrected chi connectivity index (χ0v) is 20.3. The maximum atomic E-state index is 12.7. The zero-order chi connectivity index (χ0) is 24.6. The van der Waals surface area contributed by atoms with Crippen molar-refractivity contribution < 1.29 is 33.7 Å². The lowest BCUT2D eigenvalue weighted by Gasteiger charge is -2.34. The number of carbonyl (C=O) groups excluding carboxylic acids is 2. The van der Waals surface area contributed by atoms with Gasteiger partial charge in [0.1, 0.15) is 6.61 Å². The predicted octanol–water partition coefficient (Wildman–Crippen LogP) is 4.06. The van der Waals surface area contributed by atoms with E-state index in [4.69, 9.17) is 19.3 Å². The maximum Gasteiger partial charge on any atom is 0.416 e. The fourth-order valence-corrected chi connectivity index (χ4v) is 4.70. The number of ether oxygens (including phenoxy) is 3. The van der Waals surface area contributed by atoms with Gasteiger partial charge in [-0.2, -0.15) is 0 Å². The Morgan fingerprint density at radius 1 is 0.941 bits per heavy atom. The molecule has 3 heterocycles. The molecule has 1 aromatic carbocycles. The summed E-state index contributed by atoms with van der Waals surface area (Å²) in [6.07, 6.45) is 4.23. The van der Waals surface area contributed by atoms with Crippen molar-refractivity contribution in [3.05, 3.63) is 35.9 Å². The molecule has 8 heteroatoms. The molecule has 0 saturated carbocycles. The van der Waals surface area contributed by atoms with E-state index in [0.29, 0.717) is 39.3 Å². The summed E-state index contributed by atoms with van der Waals surface area (Å²) in [5.41, 5.74) is 0.991. The zero-order valence-electron chi connectivity index (χ0n) is 20.3. The number of rotatable bonds is 6. The number of cyclic esters (lactones) is 1. The Morgan fingerprint density at radius 2 is 1.47 bits per heavy atom. The lowest BCUT2D eigenvalue weighted by molar-refractivity contribution is -0.141. The quantitative estimate of drug-likeness (QED) is 0.662. The van der Waals surface area contributed by atoms with E-state index in [-0.39, 0.29) is 35.8 Å². The SMILES string of the molecule is CC1(CC(=O)N2C(=O)OC[C@@H]2Cc2ccccc2)CCOCC1.CC1(CC(=O)O)CCOCC1. The largest absolute Gasteiger partial charge is 0.481 e. The van der Waals surface area contributed by atoms with Gasteiger partial charge >= 0.3 is 12.1 Å². The molecule has 4 rings (SSSR count). The van der Waals surface area contributed by atoms with Crippen molar-refractivity contribution in [1.82, 2.24) is 4.90 Å². The smallest absolute Gasteiger partial charge is 0.416 e. The summed E-state index contributed by atoms with van der Waals surface area (Å²) in [5, 5.41) is 8.59. The Bertz CT molecular complexity index is 829. The van der Waals surface area contributed by atoms with E-state index in [9.17, 15) is 14.4 Å². The van der Waals surface area contributed by atoms with Gasteiger partial charge in [-0.25, -0.2) is 9.69 Å². The third-order valence-corrected chi connectivity index (χ3v) is 7.10. The number of carboxylic acids is 1. The average molecular weight is 476 g/mol. The van der Waals surface area contributed by atoms with Gasteiger partial charge in [0.15, 0.2) is 0 Å². The molecule has 0 unspecified atom stereocenters. The molecule has 0 spiro atoms. The summed E-state index contributed by atoms with van der Waals surface area (Å²) in [7, 11) is 0. The molecule has 0 aliphatic carbocycles. The van der Waals surface area contributed by atoms with Crippen LogP contribution in [0.15, 0.2) is 30.3 Å². The molecule has 2 amide bonds.